The third kappa shape index (κ3) is 2.57. The molecule has 7 heteroatoms. The molecule has 108 valence electrons. The van der Waals surface area contributed by atoms with Crippen molar-refractivity contribution < 1.29 is 9.47 Å². The van der Waals surface area contributed by atoms with E-state index in [1.165, 1.54) is 0 Å². The zero-order chi connectivity index (χ0) is 14.8. The summed E-state index contributed by atoms with van der Waals surface area (Å²) in [5.74, 6) is 1.29. The molecular formula is C13H19N5O2. The number of anilines is 1. The number of nitrogens with two attached hydrogens (primary N) is 1. The summed E-state index contributed by atoms with van der Waals surface area (Å²) in [4.78, 5) is 0. The summed E-state index contributed by atoms with van der Waals surface area (Å²) in [6.45, 7) is 4.47. The van der Waals surface area contributed by atoms with Crippen LogP contribution in [0.4, 0.5) is 5.69 Å². The molecule has 0 saturated carbocycles. The van der Waals surface area contributed by atoms with Crippen molar-refractivity contribution in [2.24, 2.45) is 0 Å². The predicted octanol–water partition coefficient (Wildman–Crippen LogP) is 1.31. The van der Waals surface area contributed by atoms with Crippen molar-refractivity contribution in [1.82, 2.24) is 20.2 Å². The molecule has 0 fully saturated rings. The van der Waals surface area contributed by atoms with Crippen LogP contribution in [0, 0.1) is 0 Å². The number of nitrogens with zero attached hydrogens (tertiary/aromatic N) is 4. The lowest BCUT2D eigenvalue weighted by atomic mass is 10.1. The Kier molecular flexibility index (Phi) is 3.89. The Hall–Kier alpha value is -2.15. The number of hydrogen-bond donors (Lipinski definition) is 1. The average molecular weight is 277 g/mol. The monoisotopic (exact) mass is 277 g/mol. The van der Waals surface area contributed by atoms with Gasteiger partial charge in [-0.25, -0.2) is 4.68 Å². The Morgan fingerprint density at radius 1 is 1.30 bits per heavy atom. The van der Waals surface area contributed by atoms with E-state index in [0.29, 0.717) is 23.9 Å². The zero-order valence-corrected chi connectivity index (χ0v) is 12.1. The van der Waals surface area contributed by atoms with E-state index in [4.69, 9.17) is 15.2 Å². The summed E-state index contributed by atoms with van der Waals surface area (Å²) in [6.07, 6.45) is 0. The van der Waals surface area contributed by atoms with Crippen LogP contribution in [0.5, 0.6) is 5.75 Å². The first-order chi connectivity index (χ1) is 9.49. The van der Waals surface area contributed by atoms with Crippen LogP contribution in [0.15, 0.2) is 18.2 Å². The van der Waals surface area contributed by atoms with Crippen molar-refractivity contribution in [3.05, 3.63) is 18.2 Å². The molecule has 0 aliphatic carbocycles. The van der Waals surface area contributed by atoms with Crippen molar-refractivity contribution in [3.8, 4) is 17.1 Å². The first-order valence-electron chi connectivity index (χ1n) is 6.21. The van der Waals surface area contributed by atoms with Gasteiger partial charge in [-0.15, -0.1) is 5.10 Å². The van der Waals surface area contributed by atoms with Gasteiger partial charge in [0.1, 0.15) is 5.75 Å². The summed E-state index contributed by atoms with van der Waals surface area (Å²) in [6, 6.07) is 5.39. The van der Waals surface area contributed by atoms with Crippen LogP contribution >= 0.6 is 0 Å². The summed E-state index contributed by atoms with van der Waals surface area (Å²) in [5, 5.41) is 11.9. The van der Waals surface area contributed by atoms with E-state index in [0.717, 1.165) is 5.56 Å². The largest absolute Gasteiger partial charge is 0.497 e. The van der Waals surface area contributed by atoms with Crippen LogP contribution in [0.3, 0.4) is 0 Å². The number of hydrogen-bond acceptors (Lipinski definition) is 6. The highest BCUT2D eigenvalue weighted by Crippen LogP contribution is 2.30. The number of methoxy groups -OCH3 is 2. The highest BCUT2D eigenvalue weighted by molar-refractivity contribution is 5.73. The molecule has 7 nitrogen and oxygen atoms in total. The molecule has 0 atom stereocenters. The van der Waals surface area contributed by atoms with Crippen LogP contribution in [0.2, 0.25) is 0 Å². The molecule has 1 aromatic carbocycles. The first kappa shape index (κ1) is 14.3. The van der Waals surface area contributed by atoms with Gasteiger partial charge in [-0.05, 0) is 42.5 Å². The lowest BCUT2D eigenvalue weighted by molar-refractivity contribution is 0.101. The SMILES string of the molecule is COCC(C)(C)n1nnnc1-c1cc(OC)ccc1N. The van der Waals surface area contributed by atoms with Gasteiger partial charge in [-0.2, -0.15) is 0 Å². The molecule has 1 aromatic heterocycles. The van der Waals surface area contributed by atoms with Gasteiger partial charge in [0.25, 0.3) is 0 Å². The van der Waals surface area contributed by atoms with E-state index < -0.39 is 0 Å². The molecule has 2 aromatic rings. The summed E-state index contributed by atoms with van der Waals surface area (Å²) < 4.78 is 12.2. The smallest absolute Gasteiger partial charge is 0.184 e. The topological polar surface area (TPSA) is 88.1 Å². The fourth-order valence-electron chi connectivity index (χ4n) is 2.03. The summed E-state index contributed by atoms with van der Waals surface area (Å²) >= 11 is 0. The second-order valence-electron chi connectivity index (χ2n) is 5.11. The molecule has 0 spiro atoms. The molecule has 0 saturated heterocycles. The third-order valence-electron chi connectivity index (χ3n) is 3.04. The fourth-order valence-corrected chi connectivity index (χ4v) is 2.03. The minimum atomic E-state index is -0.386. The fraction of sp³-hybridized carbons (Fsp3) is 0.462. The van der Waals surface area contributed by atoms with Crippen LogP contribution in [-0.4, -0.2) is 41.0 Å². The van der Waals surface area contributed by atoms with Crippen LogP contribution in [-0.2, 0) is 10.3 Å². The van der Waals surface area contributed by atoms with Crippen LogP contribution < -0.4 is 10.5 Å². The van der Waals surface area contributed by atoms with Gasteiger partial charge in [0, 0.05) is 18.4 Å². The van der Waals surface area contributed by atoms with E-state index in [-0.39, 0.29) is 5.54 Å². The molecule has 0 bridgehead atoms. The Morgan fingerprint density at radius 3 is 2.70 bits per heavy atom. The van der Waals surface area contributed by atoms with E-state index in [9.17, 15) is 0 Å². The molecule has 0 radical (unpaired) electrons. The van der Waals surface area contributed by atoms with Gasteiger partial charge in [0.2, 0.25) is 0 Å². The van der Waals surface area contributed by atoms with Gasteiger partial charge < -0.3 is 15.2 Å². The van der Waals surface area contributed by atoms with Gasteiger partial charge in [-0.1, -0.05) is 0 Å². The minimum absolute atomic E-state index is 0.386. The second kappa shape index (κ2) is 5.46. The van der Waals surface area contributed by atoms with Crippen molar-refractivity contribution in [1.29, 1.82) is 0 Å². The summed E-state index contributed by atoms with van der Waals surface area (Å²) in [5.41, 5.74) is 6.97. The van der Waals surface area contributed by atoms with E-state index in [1.807, 2.05) is 19.9 Å². The molecule has 0 aliphatic rings. The van der Waals surface area contributed by atoms with Gasteiger partial charge >= 0.3 is 0 Å². The minimum Gasteiger partial charge on any atom is -0.497 e. The number of aromatic nitrogens is 4. The quantitative estimate of drug-likeness (QED) is 0.829. The first-order valence-corrected chi connectivity index (χ1v) is 6.21. The lowest BCUT2D eigenvalue weighted by Gasteiger charge is -2.25. The molecule has 0 unspecified atom stereocenters. The summed E-state index contributed by atoms with van der Waals surface area (Å²) in [7, 11) is 3.25. The number of nitrogen functional groups attached to an aromatic ring is 1. The van der Waals surface area contributed by atoms with Gasteiger partial charge in [0.05, 0.1) is 19.3 Å². The Morgan fingerprint density at radius 2 is 2.05 bits per heavy atom. The molecule has 0 amide bonds. The second-order valence-corrected chi connectivity index (χ2v) is 5.11. The van der Waals surface area contributed by atoms with E-state index >= 15 is 0 Å². The van der Waals surface area contributed by atoms with Crippen molar-refractivity contribution >= 4 is 5.69 Å². The Balaban J connectivity index is 2.52. The van der Waals surface area contributed by atoms with Crippen LogP contribution in [0.1, 0.15) is 13.8 Å². The molecule has 0 aliphatic heterocycles. The van der Waals surface area contributed by atoms with Crippen molar-refractivity contribution in [2.75, 3.05) is 26.6 Å². The molecule has 1 heterocycles. The lowest BCUT2D eigenvalue weighted by Crippen LogP contribution is -2.33. The maximum atomic E-state index is 6.03. The Bertz CT molecular complexity index is 594. The highest BCUT2D eigenvalue weighted by atomic mass is 16.5. The maximum Gasteiger partial charge on any atom is 0.184 e. The molecule has 20 heavy (non-hydrogen) atoms. The van der Waals surface area contributed by atoms with Crippen molar-refractivity contribution in [2.45, 2.75) is 19.4 Å². The molecule has 2 N–H and O–H groups in total. The average Bonchev–Trinajstić information content (AvgIpc) is 2.89. The predicted molar refractivity (Wildman–Crippen MR) is 75.4 cm³/mol. The highest BCUT2D eigenvalue weighted by Gasteiger charge is 2.27. The maximum absolute atomic E-state index is 6.03. The normalized spacial score (nSPS) is 11.6. The van der Waals surface area contributed by atoms with Crippen molar-refractivity contribution in [3.63, 3.8) is 0 Å². The molecule has 2 rings (SSSR count). The van der Waals surface area contributed by atoms with E-state index in [1.54, 1.807) is 31.0 Å². The Labute approximate surface area is 117 Å². The number of rotatable bonds is 5. The molecular weight excluding hydrogens is 258 g/mol. The number of ether oxygens (including phenoxy) is 2. The third-order valence-corrected chi connectivity index (χ3v) is 3.04. The zero-order valence-electron chi connectivity index (χ0n) is 12.1. The van der Waals surface area contributed by atoms with E-state index in [2.05, 4.69) is 15.5 Å². The van der Waals surface area contributed by atoms with Crippen LogP contribution in [0.25, 0.3) is 11.4 Å². The van der Waals surface area contributed by atoms with Gasteiger partial charge in [-0.3, -0.25) is 0 Å². The number of tetrazole rings is 1. The standard InChI is InChI=1S/C13H19N5O2/c1-13(2,8-19-3)18-12(15-16-17-18)10-7-9(20-4)5-6-11(10)14/h5-7H,8,14H2,1-4H3. The van der Waals surface area contributed by atoms with Gasteiger partial charge in [0.15, 0.2) is 5.82 Å². The number of benzene rings is 1.